The Labute approximate surface area is 74.9 Å². The van der Waals surface area contributed by atoms with Crippen molar-refractivity contribution in [3.63, 3.8) is 0 Å². The summed E-state index contributed by atoms with van der Waals surface area (Å²) in [4.78, 5) is 10.6. The fraction of sp³-hybridized carbons (Fsp3) is 0.889. The molecule has 0 aromatic rings. The van der Waals surface area contributed by atoms with E-state index in [2.05, 4.69) is 17.6 Å². The molecule has 2 N–H and O–H groups in total. The molecule has 2 atom stereocenters. The van der Waals surface area contributed by atoms with E-state index >= 15 is 0 Å². The molecule has 3 heteroatoms. The van der Waals surface area contributed by atoms with Crippen molar-refractivity contribution in [1.82, 2.24) is 10.6 Å². The zero-order valence-electron chi connectivity index (χ0n) is 8.48. The van der Waals surface area contributed by atoms with Crippen molar-refractivity contribution in [2.45, 2.75) is 45.7 Å². The first-order chi connectivity index (χ1) is 5.56. The van der Waals surface area contributed by atoms with Gasteiger partial charge in [-0.2, -0.15) is 0 Å². The summed E-state index contributed by atoms with van der Waals surface area (Å²) in [5.74, 6) is 0.0552. The first kappa shape index (κ1) is 11.4. The van der Waals surface area contributed by atoms with Crippen LogP contribution in [0.5, 0.6) is 0 Å². The maximum atomic E-state index is 10.6. The SMILES string of the molecule is CNC(C)CCC(C)NC(C)=O. The molecule has 0 aromatic carbocycles. The number of rotatable bonds is 5. The van der Waals surface area contributed by atoms with Gasteiger partial charge in [0.05, 0.1) is 0 Å². The summed E-state index contributed by atoms with van der Waals surface area (Å²) >= 11 is 0. The number of carbonyl (C=O) groups is 1. The van der Waals surface area contributed by atoms with Crippen LogP contribution in [-0.4, -0.2) is 25.0 Å². The largest absolute Gasteiger partial charge is 0.354 e. The van der Waals surface area contributed by atoms with Gasteiger partial charge in [-0.15, -0.1) is 0 Å². The molecule has 1 amide bonds. The normalized spacial score (nSPS) is 15.3. The average molecular weight is 172 g/mol. The molecule has 3 nitrogen and oxygen atoms in total. The lowest BCUT2D eigenvalue weighted by Crippen LogP contribution is -2.32. The third kappa shape index (κ3) is 6.16. The number of nitrogens with one attached hydrogen (secondary N) is 2. The number of hydrogen-bond donors (Lipinski definition) is 2. The van der Waals surface area contributed by atoms with Gasteiger partial charge in [-0.3, -0.25) is 4.79 Å². The minimum absolute atomic E-state index is 0.0552. The number of carbonyl (C=O) groups excluding carboxylic acids is 1. The van der Waals surface area contributed by atoms with E-state index < -0.39 is 0 Å². The summed E-state index contributed by atoms with van der Waals surface area (Å²) in [5.41, 5.74) is 0. The highest BCUT2D eigenvalue weighted by Crippen LogP contribution is 2.00. The van der Waals surface area contributed by atoms with Crippen molar-refractivity contribution in [3.05, 3.63) is 0 Å². The smallest absolute Gasteiger partial charge is 0.217 e. The monoisotopic (exact) mass is 172 g/mol. The van der Waals surface area contributed by atoms with Crippen LogP contribution in [0.4, 0.5) is 0 Å². The van der Waals surface area contributed by atoms with E-state index in [-0.39, 0.29) is 5.91 Å². The Morgan fingerprint density at radius 1 is 1.25 bits per heavy atom. The summed E-state index contributed by atoms with van der Waals surface area (Å²) in [6.07, 6.45) is 2.12. The topological polar surface area (TPSA) is 41.1 Å². The van der Waals surface area contributed by atoms with E-state index in [1.807, 2.05) is 14.0 Å². The molecule has 2 unspecified atom stereocenters. The van der Waals surface area contributed by atoms with E-state index in [0.29, 0.717) is 12.1 Å². The molecule has 0 bridgehead atoms. The van der Waals surface area contributed by atoms with Gasteiger partial charge in [0.2, 0.25) is 5.91 Å². The van der Waals surface area contributed by atoms with Crippen LogP contribution in [0.2, 0.25) is 0 Å². The van der Waals surface area contributed by atoms with Gasteiger partial charge in [0.25, 0.3) is 0 Å². The Hall–Kier alpha value is -0.570. The standard InChI is InChI=1S/C9H20N2O/c1-7(10-4)5-6-8(2)11-9(3)12/h7-8,10H,5-6H2,1-4H3,(H,11,12). The first-order valence-corrected chi connectivity index (χ1v) is 4.50. The minimum atomic E-state index is 0.0552. The molecule has 12 heavy (non-hydrogen) atoms. The Kier molecular flexibility index (Phi) is 5.72. The van der Waals surface area contributed by atoms with E-state index in [0.717, 1.165) is 12.8 Å². The summed E-state index contributed by atoms with van der Waals surface area (Å²) in [7, 11) is 1.95. The first-order valence-electron chi connectivity index (χ1n) is 4.50. The second kappa shape index (κ2) is 6.00. The minimum Gasteiger partial charge on any atom is -0.354 e. The van der Waals surface area contributed by atoms with Gasteiger partial charge >= 0.3 is 0 Å². The van der Waals surface area contributed by atoms with Crippen LogP contribution < -0.4 is 10.6 Å². The van der Waals surface area contributed by atoms with Gasteiger partial charge in [0.1, 0.15) is 0 Å². The summed E-state index contributed by atoms with van der Waals surface area (Å²) in [5, 5.41) is 6.02. The lowest BCUT2D eigenvalue weighted by molar-refractivity contribution is -0.119. The summed E-state index contributed by atoms with van der Waals surface area (Å²) in [6, 6.07) is 0.819. The Bertz CT molecular complexity index is 136. The molecule has 0 radical (unpaired) electrons. The molecular weight excluding hydrogens is 152 g/mol. The van der Waals surface area contributed by atoms with E-state index in [4.69, 9.17) is 0 Å². The lowest BCUT2D eigenvalue weighted by atomic mass is 10.1. The third-order valence-corrected chi connectivity index (χ3v) is 1.98. The van der Waals surface area contributed by atoms with Crippen molar-refractivity contribution in [3.8, 4) is 0 Å². The van der Waals surface area contributed by atoms with Crippen molar-refractivity contribution in [1.29, 1.82) is 0 Å². The zero-order valence-corrected chi connectivity index (χ0v) is 8.48. The van der Waals surface area contributed by atoms with Gasteiger partial charge < -0.3 is 10.6 Å². The molecule has 0 saturated heterocycles. The van der Waals surface area contributed by atoms with Crippen LogP contribution in [0.3, 0.4) is 0 Å². The van der Waals surface area contributed by atoms with E-state index in [1.54, 1.807) is 6.92 Å². The Balaban J connectivity index is 3.43. The van der Waals surface area contributed by atoms with Crippen LogP contribution >= 0.6 is 0 Å². The zero-order chi connectivity index (χ0) is 9.56. The van der Waals surface area contributed by atoms with Gasteiger partial charge in [0, 0.05) is 19.0 Å². The molecule has 0 fully saturated rings. The van der Waals surface area contributed by atoms with E-state index in [1.165, 1.54) is 0 Å². The lowest BCUT2D eigenvalue weighted by Gasteiger charge is -2.15. The highest BCUT2D eigenvalue weighted by atomic mass is 16.1. The summed E-state index contributed by atoms with van der Waals surface area (Å²) in [6.45, 7) is 5.72. The molecule has 0 saturated carbocycles. The number of hydrogen-bond acceptors (Lipinski definition) is 2. The second-order valence-corrected chi connectivity index (χ2v) is 3.37. The highest BCUT2D eigenvalue weighted by Gasteiger charge is 2.05. The Morgan fingerprint density at radius 3 is 2.17 bits per heavy atom. The molecule has 0 aliphatic carbocycles. The maximum Gasteiger partial charge on any atom is 0.217 e. The predicted molar refractivity (Wildman–Crippen MR) is 51.0 cm³/mol. The fourth-order valence-corrected chi connectivity index (χ4v) is 1.06. The molecule has 0 aliphatic heterocycles. The van der Waals surface area contributed by atoms with Crippen molar-refractivity contribution < 1.29 is 4.79 Å². The second-order valence-electron chi connectivity index (χ2n) is 3.37. The highest BCUT2D eigenvalue weighted by molar-refractivity contribution is 5.73. The average Bonchev–Trinajstić information content (AvgIpc) is 1.99. The van der Waals surface area contributed by atoms with E-state index in [9.17, 15) is 4.79 Å². The third-order valence-electron chi connectivity index (χ3n) is 1.98. The predicted octanol–water partition coefficient (Wildman–Crippen LogP) is 0.899. The van der Waals surface area contributed by atoms with Crippen molar-refractivity contribution in [2.75, 3.05) is 7.05 Å². The van der Waals surface area contributed by atoms with Gasteiger partial charge in [-0.1, -0.05) is 0 Å². The number of amides is 1. The molecule has 72 valence electrons. The fourth-order valence-electron chi connectivity index (χ4n) is 1.06. The van der Waals surface area contributed by atoms with Crippen LogP contribution in [0.15, 0.2) is 0 Å². The van der Waals surface area contributed by atoms with Gasteiger partial charge in [-0.05, 0) is 33.7 Å². The van der Waals surface area contributed by atoms with Crippen LogP contribution in [0, 0.1) is 0 Å². The van der Waals surface area contributed by atoms with Crippen LogP contribution in [0.25, 0.3) is 0 Å². The Morgan fingerprint density at radius 2 is 1.75 bits per heavy atom. The van der Waals surface area contributed by atoms with Crippen molar-refractivity contribution >= 4 is 5.91 Å². The molecule has 0 spiro atoms. The maximum absolute atomic E-state index is 10.6. The molecular formula is C9H20N2O. The van der Waals surface area contributed by atoms with Crippen LogP contribution in [0.1, 0.15) is 33.6 Å². The molecule has 0 heterocycles. The van der Waals surface area contributed by atoms with Crippen LogP contribution in [-0.2, 0) is 4.79 Å². The van der Waals surface area contributed by atoms with Crippen molar-refractivity contribution in [2.24, 2.45) is 0 Å². The van der Waals surface area contributed by atoms with Gasteiger partial charge in [0.15, 0.2) is 0 Å². The molecule has 0 aliphatic rings. The quantitative estimate of drug-likeness (QED) is 0.647. The molecule has 0 aromatic heterocycles. The summed E-state index contributed by atoms with van der Waals surface area (Å²) < 4.78 is 0. The van der Waals surface area contributed by atoms with Gasteiger partial charge in [-0.25, -0.2) is 0 Å². The molecule has 0 rings (SSSR count).